The van der Waals surface area contributed by atoms with Crippen LogP contribution in [0.25, 0.3) is 0 Å². The highest BCUT2D eigenvalue weighted by Crippen LogP contribution is 2.77. The summed E-state index contributed by atoms with van der Waals surface area (Å²) < 4.78 is 47.8. The quantitative estimate of drug-likeness (QED) is 0.0549. The minimum atomic E-state index is -2.17. The van der Waals surface area contributed by atoms with Gasteiger partial charge in [-0.25, -0.2) is 9.59 Å². The Morgan fingerprint density at radius 2 is 1.20 bits per heavy atom. The third-order valence-electron chi connectivity index (χ3n) is 21.6. The van der Waals surface area contributed by atoms with Gasteiger partial charge in [-0.2, -0.15) is 0 Å². The fraction of sp³-hybridized carbons (Fsp3) is 0.909. The van der Waals surface area contributed by atoms with Gasteiger partial charge in [-0.1, -0.05) is 47.6 Å². The predicted octanol–water partition coefficient (Wildman–Crippen LogP) is -1.24. The van der Waals surface area contributed by atoms with Crippen LogP contribution in [-0.2, 0) is 52.3 Å². The lowest BCUT2D eigenvalue weighted by molar-refractivity contribution is -0.392. The highest BCUT2D eigenvalue weighted by Gasteiger charge is 2.75. The summed E-state index contributed by atoms with van der Waals surface area (Å²) in [5.74, 6) is -3.63. The number of rotatable bonds is 14. The van der Waals surface area contributed by atoms with E-state index in [9.17, 15) is 80.8 Å². The maximum absolute atomic E-state index is 13.3. The Bertz CT molecular complexity index is 2230. The van der Waals surface area contributed by atoms with Crippen molar-refractivity contribution in [2.75, 3.05) is 26.4 Å². The first-order valence-corrected chi connectivity index (χ1v) is 28.0. The van der Waals surface area contributed by atoms with Crippen molar-refractivity contribution in [3.63, 3.8) is 0 Å². The molecule has 5 saturated carbocycles. The predicted molar refractivity (Wildman–Crippen MR) is 269 cm³/mol. The average Bonchev–Trinajstić information content (AvgIpc) is 3.39. The number of carboxylic acids is 1. The van der Waals surface area contributed by atoms with Gasteiger partial charge in [0, 0.05) is 23.3 Å². The van der Waals surface area contributed by atoms with Crippen LogP contribution in [0.2, 0.25) is 0 Å². The fourth-order valence-electron chi connectivity index (χ4n) is 16.9. The first-order valence-electron chi connectivity index (χ1n) is 28.0. The number of ether oxygens (including phenoxy) is 8. The monoisotopic (exact) mass is 1130 g/mol. The number of hydrogen-bond acceptors (Lipinski definition) is 23. The Hall–Kier alpha value is -2.57. The highest BCUT2D eigenvalue weighted by molar-refractivity contribution is 5.87. The Morgan fingerprint density at radius 3 is 1.73 bits per heavy atom. The molecule has 28 atom stereocenters. The summed E-state index contributed by atoms with van der Waals surface area (Å²) in [7, 11) is 0. The number of carbonyl (C=O) groups excluding carboxylic acids is 2. The van der Waals surface area contributed by atoms with Crippen molar-refractivity contribution < 1.29 is 119 Å². The Balaban J connectivity index is 1.09. The van der Waals surface area contributed by atoms with E-state index in [1.54, 1.807) is 19.9 Å². The molecule has 0 amide bonds. The molecule has 5 aliphatic carbocycles. The molecular weight excluding hydrogens is 1040 g/mol. The van der Waals surface area contributed by atoms with Crippen molar-refractivity contribution >= 4 is 17.9 Å². The highest BCUT2D eigenvalue weighted by atomic mass is 16.8. The number of aliphatic hydroxyl groups excluding tert-OH is 12. The first kappa shape index (κ1) is 62.5. The van der Waals surface area contributed by atoms with Crippen LogP contribution in [0.5, 0.6) is 0 Å². The van der Waals surface area contributed by atoms with Crippen LogP contribution >= 0.6 is 0 Å². The van der Waals surface area contributed by atoms with Crippen LogP contribution in [-0.4, -0.2) is 227 Å². The van der Waals surface area contributed by atoms with Crippen LogP contribution in [0.1, 0.15) is 114 Å². The molecule has 3 heterocycles. The van der Waals surface area contributed by atoms with Gasteiger partial charge in [0.05, 0.1) is 37.4 Å². The number of carbonyl (C=O) groups is 3. The summed E-state index contributed by atoms with van der Waals surface area (Å²) in [6.45, 7) is 14.6. The molecule has 8 aliphatic rings. The summed E-state index contributed by atoms with van der Waals surface area (Å²) in [6.07, 6.45) is -27.7. The van der Waals surface area contributed by atoms with Crippen molar-refractivity contribution in [3.8, 4) is 0 Å². The van der Waals surface area contributed by atoms with Crippen LogP contribution in [0.15, 0.2) is 11.6 Å². The zero-order valence-electron chi connectivity index (χ0n) is 46.6. The molecule has 8 rings (SSSR count). The van der Waals surface area contributed by atoms with E-state index in [-0.39, 0.29) is 43.1 Å². The van der Waals surface area contributed by atoms with Crippen molar-refractivity contribution in [1.82, 2.24) is 0 Å². The van der Waals surface area contributed by atoms with Gasteiger partial charge in [0.25, 0.3) is 0 Å². The number of hydrogen-bond donors (Lipinski definition) is 13. The zero-order valence-corrected chi connectivity index (χ0v) is 46.6. The van der Waals surface area contributed by atoms with E-state index in [4.69, 9.17) is 37.9 Å². The van der Waals surface area contributed by atoms with E-state index in [2.05, 4.69) is 20.8 Å². The van der Waals surface area contributed by atoms with Crippen molar-refractivity contribution in [2.45, 2.75) is 230 Å². The van der Waals surface area contributed by atoms with Gasteiger partial charge in [-0.05, 0) is 105 Å². The normalized spacial score (nSPS) is 51.7. The van der Waals surface area contributed by atoms with Gasteiger partial charge in [0.1, 0.15) is 86.0 Å². The second kappa shape index (κ2) is 22.8. The van der Waals surface area contributed by atoms with Crippen molar-refractivity contribution in [2.24, 2.45) is 56.2 Å². The van der Waals surface area contributed by atoms with E-state index in [0.717, 1.165) is 0 Å². The fourth-order valence-corrected chi connectivity index (χ4v) is 16.9. The van der Waals surface area contributed by atoms with Crippen molar-refractivity contribution in [1.29, 1.82) is 0 Å². The molecule has 452 valence electrons. The van der Waals surface area contributed by atoms with E-state index < -0.39 is 187 Å². The summed E-state index contributed by atoms with van der Waals surface area (Å²) in [4.78, 5) is 39.0. The van der Waals surface area contributed by atoms with E-state index >= 15 is 0 Å². The molecule has 0 bridgehead atoms. The average molecular weight is 1130 g/mol. The molecule has 28 unspecified atom stereocenters. The molecule has 8 fully saturated rings. The molecule has 0 aromatic carbocycles. The van der Waals surface area contributed by atoms with Crippen molar-refractivity contribution in [3.05, 3.63) is 11.6 Å². The van der Waals surface area contributed by atoms with Gasteiger partial charge < -0.3 is 104 Å². The van der Waals surface area contributed by atoms with Crippen LogP contribution in [0.4, 0.5) is 0 Å². The number of aliphatic hydroxyl groups is 12. The van der Waals surface area contributed by atoms with Gasteiger partial charge in [-0.3, -0.25) is 4.79 Å². The lowest BCUT2D eigenvalue weighted by atomic mass is 9.30. The summed E-state index contributed by atoms with van der Waals surface area (Å²) in [5.41, 5.74) is -4.41. The second-order valence-corrected chi connectivity index (χ2v) is 26.0. The zero-order chi connectivity index (χ0) is 58.4. The summed E-state index contributed by atoms with van der Waals surface area (Å²) in [6, 6.07) is 0. The number of esters is 2. The maximum atomic E-state index is 13.3. The Kier molecular flexibility index (Phi) is 18.0. The molecule has 0 spiro atoms. The topological polar surface area (TPSA) is 388 Å². The first-order chi connectivity index (χ1) is 36.9. The second-order valence-electron chi connectivity index (χ2n) is 26.0. The van der Waals surface area contributed by atoms with Gasteiger partial charge in [0.15, 0.2) is 25.0 Å². The van der Waals surface area contributed by atoms with Gasteiger partial charge in [0.2, 0.25) is 0 Å². The van der Waals surface area contributed by atoms with Crippen LogP contribution in [0.3, 0.4) is 0 Å². The lowest BCUT2D eigenvalue weighted by Crippen LogP contribution is -2.74. The summed E-state index contributed by atoms with van der Waals surface area (Å²) >= 11 is 0. The van der Waals surface area contributed by atoms with Crippen LogP contribution < -0.4 is 0 Å². The smallest absolute Gasteiger partial charge is 0.335 e. The third-order valence-corrected chi connectivity index (χ3v) is 21.6. The number of fused-ring (bicyclic) bond motifs is 7. The summed E-state index contributed by atoms with van der Waals surface area (Å²) in [5, 5.41) is 144. The minimum absolute atomic E-state index is 0.00855. The standard InChI is InChI=1S/C55H88O24/c1-10-23(2)46(71)79-44-43(68)55(22-72-24(3)59)26(17-50(44,4)5)25-11-12-30-51(6)15-14-32(52(7,21-58)29(51)13-16-53(30,8)54(25,9)18-31(55)60)75-49-41(77-48-38(66)36(64)34(62)28(20-57)74-48)39(67)40(42(78-49)45(69)70)76-47-37(65)35(63)33(61)27(19-56)73-47/h10,25-44,47-49,56-58,60-68H,11-22H2,1-9H3,(H,69,70). The molecular formula is C55H88O24. The number of allylic oxidation sites excluding steroid dienone is 1. The molecule has 13 N–H and O–H groups in total. The Labute approximate surface area is 459 Å². The van der Waals surface area contributed by atoms with Crippen LogP contribution in [0, 0.1) is 56.2 Å². The van der Waals surface area contributed by atoms with E-state index in [1.165, 1.54) is 6.92 Å². The maximum Gasteiger partial charge on any atom is 0.335 e. The molecule has 3 aliphatic heterocycles. The Morgan fingerprint density at radius 1 is 0.620 bits per heavy atom. The lowest BCUT2D eigenvalue weighted by Gasteiger charge is -2.75. The third kappa shape index (κ3) is 10.1. The SMILES string of the molecule is CC=C(C)C(=O)OC1C(O)C2(COC(C)=O)C(O)CC3(C)C(CCC4C5(C)CCC(OC6OC(C(=O)O)C(OC7OC(CO)C(O)C(O)C7O)C(O)C6OC6OC(CO)C(O)C(O)C6O)C(C)(CO)C5CCC43C)C2CC1(C)C. The molecule has 24 heteroatoms. The number of aliphatic carboxylic acids is 1. The largest absolute Gasteiger partial charge is 0.479 e. The molecule has 79 heavy (non-hydrogen) atoms. The van der Waals surface area contributed by atoms with Gasteiger partial charge in [-0.15, -0.1) is 0 Å². The minimum Gasteiger partial charge on any atom is -0.479 e. The van der Waals surface area contributed by atoms with E-state index in [0.29, 0.717) is 44.1 Å². The number of carboxylic acid groups (broad SMARTS) is 1. The molecule has 0 aromatic heterocycles. The molecule has 24 nitrogen and oxygen atoms in total. The molecule has 0 aromatic rings. The molecule has 0 radical (unpaired) electrons. The van der Waals surface area contributed by atoms with Gasteiger partial charge >= 0.3 is 17.9 Å². The van der Waals surface area contributed by atoms with E-state index in [1.807, 2.05) is 20.8 Å². The molecule has 3 saturated heterocycles.